The summed E-state index contributed by atoms with van der Waals surface area (Å²) >= 11 is 0. The van der Waals surface area contributed by atoms with Crippen molar-refractivity contribution in [3.63, 3.8) is 0 Å². The number of carbonyl (C=O) groups excluding carboxylic acids is 1. The van der Waals surface area contributed by atoms with E-state index in [1.807, 2.05) is 13.8 Å². The van der Waals surface area contributed by atoms with Gasteiger partial charge in [-0.3, -0.25) is 4.79 Å². The molecule has 1 amide bonds. The molecule has 0 fully saturated rings. The molecule has 1 atom stereocenters. The molecule has 2 N–H and O–H groups in total. The minimum absolute atomic E-state index is 0.0268. The summed E-state index contributed by atoms with van der Waals surface area (Å²) in [6.07, 6.45) is 1.35. The zero-order valence-corrected chi connectivity index (χ0v) is 13.9. The summed E-state index contributed by atoms with van der Waals surface area (Å²) in [6, 6.07) is 3.22. The third-order valence-corrected chi connectivity index (χ3v) is 4.30. The third kappa shape index (κ3) is 4.84. The van der Waals surface area contributed by atoms with Crippen molar-refractivity contribution in [1.82, 2.24) is 5.32 Å². The fraction of sp³-hybridized carbons (Fsp3) is 0.467. The van der Waals surface area contributed by atoms with Crippen LogP contribution in [0.25, 0.3) is 0 Å². The van der Waals surface area contributed by atoms with Crippen LogP contribution in [0.2, 0.25) is 0 Å². The van der Waals surface area contributed by atoms with Crippen LogP contribution in [0.3, 0.4) is 0 Å². The maximum Gasteiger partial charge on any atom is 0.326 e. The number of hydrogen-bond acceptors (Lipinski definition) is 4. The molecule has 0 aliphatic heterocycles. The Morgan fingerprint density at radius 3 is 2.32 bits per heavy atom. The third-order valence-electron chi connectivity index (χ3n) is 3.19. The van der Waals surface area contributed by atoms with Gasteiger partial charge in [0.25, 0.3) is 5.91 Å². The van der Waals surface area contributed by atoms with Crippen LogP contribution in [-0.2, 0) is 14.6 Å². The van der Waals surface area contributed by atoms with Crippen LogP contribution < -0.4 is 5.32 Å². The summed E-state index contributed by atoms with van der Waals surface area (Å²) < 4.78 is 23.1. The molecule has 0 aliphatic rings. The van der Waals surface area contributed by atoms with Gasteiger partial charge in [-0.1, -0.05) is 19.9 Å². The van der Waals surface area contributed by atoms with Gasteiger partial charge in [-0.2, -0.15) is 0 Å². The van der Waals surface area contributed by atoms with Crippen LogP contribution in [0.1, 0.15) is 36.2 Å². The number of aryl methyl sites for hydroxylation is 1. The van der Waals surface area contributed by atoms with Crippen molar-refractivity contribution < 1.29 is 23.1 Å². The van der Waals surface area contributed by atoms with Gasteiger partial charge < -0.3 is 10.4 Å². The summed E-state index contributed by atoms with van der Waals surface area (Å²) in [7, 11) is -3.44. The van der Waals surface area contributed by atoms with Gasteiger partial charge in [-0.25, -0.2) is 13.2 Å². The quantitative estimate of drug-likeness (QED) is 0.827. The minimum Gasteiger partial charge on any atom is -0.480 e. The first kappa shape index (κ1) is 18.2. The Balaban J connectivity index is 3.09. The van der Waals surface area contributed by atoms with E-state index in [0.717, 1.165) is 6.26 Å². The van der Waals surface area contributed by atoms with Crippen LogP contribution in [0.4, 0.5) is 0 Å². The lowest BCUT2D eigenvalue weighted by molar-refractivity contribution is -0.139. The monoisotopic (exact) mass is 327 g/mol. The van der Waals surface area contributed by atoms with E-state index in [0.29, 0.717) is 12.0 Å². The molecule has 1 rings (SSSR count). The Morgan fingerprint density at radius 2 is 1.86 bits per heavy atom. The predicted molar refractivity (Wildman–Crippen MR) is 82.6 cm³/mol. The summed E-state index contributed by atoms with van der Waals surface area (Å²) in [5, 5.41) is 11.6. The molecule has 7 heteroatoms. The van der Waals surface area contributed by atoms with Gasteiger partial charge in [0.2, 0.25) is 0 Å². The summed E-state index contributed by atoms with van der Waals surface area (Å²) in [5.74, 6) is -1.60. The van der Waals surface area contributed by atoms with E-state index in [-0.39, 0.29) is 16.4 Å². The van der Waals surface area contributed by atoms with Crippen molar-refractivity contribution in [2.24, 2.45) is 5.92 Å². The van der Waals surface area contributed by atoms with E-state index in [1.54, 1.807) is 6.92 Å². The molecule has 0 heterocycles. The number of benzene rings is 1. The second-order valence-corrected chi connectivity index (χ2v) is 7.76. The highest BCUT2D eigenvalue weighted by molar-refractivity contribution is 7.90. The Labute approximate surface area is 130 Å². The number of carboxylic acids is 1. The van der Waals surface area contributed by atoms with Gasteiger partial charge in [-0.05, 0) is 37.0 Å². The summed E-state index contributed by atoms with van der Waals surface area (Å²) in [5.41, 5.74) is 0.747. The second-order valence-electron chi connectivity index (χ2n) is 5.74. The molecule has 22 heavy (non-hydrogen) atoms. The van der Waals surface area contributed by atoms with E-state index in [2.05, 4.69) is 5.32 Å². The summed E-state index contributed by atoms with van der Waals surface area (Å²) in [6.45, 7) is 5.38. The Kier molecular flexibility index (Phi) is 5.71. The number of aliphatic carboxylic acids is 1. The maximum absolute atomic E-state index is 12.3. The number of amides is 1. The number of rotatable bonds is 6. The highest BCUT2D eigenvalue weighted by Crippen LogP contribution is 2.16. The number of nitrogens with one attached hydrogen (secondary N) is 1. The molecular formula is C15H21NO5S. The molecule has 0 radical (unpaired) electrons. The zero-order valence-electron chi connectivity index (χ0n) is 13.1. The predicted octanol–water partition coefficient (Wildman–Crippen LogP) is 1.63. The van der Waals surface area contributed by atoms with Gasteiger partial charge in [0.05, 0.1) is 4.90 Å². The molecule has 0 saturated carbocycles. The Bertz CT molecular complexity index is 679. The molecule has 0 bridgehead atoms. The maximum atomic E-state index is 12.3. The van der Waals surface area contributed by atoms with E-state index in [9.17, 15) is 18.0 Å². The standard InChI is InChI=1S/C15H21NO5S/c1-9(2)7-13(15(18)19)16-14(17)12-8-11(22(4,20)21)6-5-10(12)3/h5-6,8-9,13H,7H2,1-4H3,(H,16,17)(H,18,19). The normalized spacial score (nSPS) is 13.0. The fourth-order valence-electron chi connectivity index (χ4n) is 2.01. The van der Waals surface area contributed by atoms with E-state index in [4.69, 9.17) is 5.11 Å². The van der Waals surface area contributed by atoms with Crippen molar-refractivity contribution in [2.75, 3.05) is 6.26 Å². The zero-order chi connectivity index (χ0) is 17.1. The molecule has 0 aromatic heterocycles. The number of sulfone groups is 1. The van der Waals surface area contributed by atoms with Crippen molar-refractivity contribution in [1.29, 1.82) is 0 Å². The molecule has 1 aromatic carbocycles. The van der Waals surface area contributed by atoms with Crippen LogP contribution in [0.15, 0.2) is 23.1 Å². The van der Waals surface area contributed by atoms with Crippen molar-refractivity contribution in [2.45, 2.75) is 38.1 Å². The largest absolute Gasteiger partial charge is 0.480 e. The average Bonchev–Trinajstić information content (AvgIpc) is 2.36. The first-order chi connectivity index (χ1) is 10.0. The number of hydrogen-bond donors (Lipinski definition) is 2. The van der Waals surface area contributed by atoms with Gasteiger partial charge in [0.1, 0.15) is 6.04 Å². The highest BCUT2D eigenvalue weighted by atomic mass is 32.2. The SMILES string of the molecule is Cc1ccc(S(C)(=O)=O)cc1C(=O)NC(CC(C)C)C(=O)O. The van der Waals surface area contributed by atoms with E-state index < -0.39 is 27.8 Å². The highest BCUT2D eigenvalue weighted by Gasteiger charge is 2.23. The Hall–Kier alpha value is -1.89. The lowest BCUT2D eigenvalue weighted by Gasteiger charge is -2.17. The van der Waals surface area contributed by atoms with E-state index >= 15 is 0 Å². The Morgan fingerprint density at radius 1 is 1.27 bits per heavy atom. The van der Waals surface area contributed by atoms with Gasteiger partial charge >= 0.3 is 5.97 Å². The van der Waals surface area contributed by atoms with Crippen molar-refractivity contribution in [3.8, 4) is 0 Å². The van der Waals surface area contributed by atoms with E-state index in [1.165, 1.54) is 18.2 Å². The molecule has 1 unspecified atom stereocenters. The van der Waals surface area contributed by atoms with Gasteiger partial charge in [-0.15, -0.1) is 0 Å². The van der Waals surface area contributed by atoms with Gasteiger partial charge in [0.15, 0.2) is 9.84 Å². The van der Waals surface area contributed by atoms with Crippen molar-refractivity contribution >= 4 is 21.7 Å². The van der Waals surface area contributed by atoms with Gasteiger partial charge in [0, 0.05) is 11.8 Å². The molecule has 122 valence electrons. The lowest BCUT2D eigenvalue weighted by atomic mass is 10.0. The van der Waals surface area contributed by atoms with Crippen LogP contribution >= 0.6 is 0 Å². The van der Waals surface area contributed by atoms with Crippen LogP contribution in [-0.4, -0.2) is 37.7 Å². The molecule has 0 saturated heterocycles. The first-order valence-electron chi connectivity index (χ1n) is 6.86. The van der Waals surface area contributed by atoms with Crippen molar-refractivity contribution in [3.05, 3.63) is 29.3 Å². The molecular weight excluding hydrogens is 306 g/mol. The van der Waals surface area contributed by atoms with Crippen LogP contribution in [0, 0.1) is 12.8 Å². The minimum atomic E-state index is -3.44. The molecule has 0 spiro atoms. The number of carbonyl (C=O) groups is 2. The second kappa shape index (κ2) is 6.91. The summed E-state index contributed by atoms with van der Waals surface area (Å²) in [4.78, 5) is 23.5. The average molecular weight is 327 g/mol. The first-order valence-corrected chi connectivity index (χ1v) is 8.76. The fourth-order valence-corrected chi connectivity index (χ4v) is 2.65. The number of carboxylic acid groups (broad SMARTS) is 1. The topological polar surface area (TPSA) is 101 Å². The molecule has 0 aliphatic carbocycles. The lowest BCUT2D eigenvalue weighted by Crippen LogP contribution is -2.41. The molecule has 6 nitrogen and oxygen atoms in total. The van der Waals surface area contributed by atoms with Crippen LogP contribution in [0.5, 0.6) is 0 Å². The smallest absolute Gasteiger partial charge is 0.326 e. The molecule has 1 aromatic rings.